The molecule has 19 heteroatoms. The lowest BCUT2D eigenvalue weighted by Crippen LogP contribution is -2.32. The molecule has 0 bridgehead atoms. The molecule has 3 N–H and O–H groups in total. The van der Waals surface area contributed by atoms with Crippen LogP contribution >= 0.6 is 0 Å². The van der Waals surface area contributed by atoms with Gasteiger partial charge in [-0.2, -0.15) is 0 Å². The molecule has 0 unspecified atom stereocenters. The Labute approximate surface area is 445 Å². The van der Waals surface area contributed by atoms with Gasteiger partial charge in [0.2, 0.25) is 0 Å². The van der Waals surface area contributed by atoms with Crippen LogP contribution in [0.2, 0.25) is 0 Å². The summed E-state index contributed by atoms with van der Waals surface area (Å²) < 4.78 is 90.0. The fourth-order valence-electron chi connectivity index (χ4n) is 6.23. The maximum Gasteiger partial charge on any atom is 0.180 e. The molecule has 1 aliphatic heterocycles. The van der Waals surface area contributed by atoms with Crippen molar-refractivity contribution in [2.45, 2.75) is 42.4 Å². The predicted octanol–water partition coefficient (Wildman–Crippen LogP) is 8.30. The lowest BCUT2D eigenvalue weighted by Gasteiger charge is -2.21. The van der Waals surface area contributed by atoms with Gasteiger partial charge < -0.3 is 49.6 Å². The molecule has 0 radical (unpaired) electrons. The molecule has 0 spiro atoms. The SMILES string of the molecule is CCN(C)c1ccc(S(=O)(=O)CCOC)cc1.CCN(C)c1ccccc1C.CN1CCOCC1.CNc1ccc(C)cc1.CNc1ccc(S(=O)(=O)CCOC)cc1.CNc1cccc(S(=O)(=O)CCOC)c1. The molecule has 16 nitrogen and oxygen atoms in total. The van der Waals surface area contributed by atoms with Gasteiger partial charge in [0.15, 0.2) is 29.5 Å². The topological polar surface area (TPSA) is 185 Å². The third-order valence-electron chi connectivity index (χ3n) is 11.3. The number of likely N-dealkylation sites (N-methyl/N-ethyl adjacent to an activating group) is 1. The number of rotatable bonds is 19. The Balaban J connectivity index is 0.000000453. The van der Waals surface area contributed by atoms with E-state index in [1.54, 1.807) is 68.7 Å². The highest BCUT2D eigenvalue weighted by Gasteiger charge is 2.16. The van der Waals surface area contributed by atoms with Crippen molar-refractivity contribution in [3.05, 3.63) is 132 Å². The molecule has 0 atom stereocenters. The third kappa shape index (κ3) is 26.3. The lowest BCUT2D eigenvalue weighted by molar-refractivity contribution is 0.0503. The van der Waals surface area contributed by atoms with Gasteiger partial charge in [0, 0.05) is 111 Å². The zero-order valence-corrected chi connectivity index (χ0v) is 48.6. The molecule has 0 aromatic heterocycles. The summed E-state index contributed by atoms with van der Waals surface area (Å²) in [7, 11) is 6.48. The Hall–Kier alpha value is -5.25. The monoisotopic (exact) mass is 1090 g/mol. The van der Waals surface area contributed by atoms with E-state index in [1.165, 1.54) is 43.8 Å². The maximum absolute atomic E-state index is 11.8. The number of morpholine rings is 1. The van der Waals surface area contributed by atoms with Crippen LogP contribution in [0.4, 0.5) is 28.4 Å². The number of anilines is 5. The summed E-state index contributed by atoms with van der Waals surface area (Å²) in [6.45, 7) is 15.0. The highest BCUT2D eigenvalue weighted by Crippen LogP contribution is 2.20. The van der Waals surface area contributed by atoms with Crippen LogP contribution in [0.15, 0.2) is 136 Å². The first-order chi connectivity index (χ1) is 35.2. The first kappa shape index (κ1) is 66.8. The zero-order valence-electron chi connectivity index (χ0n) is 46.2. The number of nitrogens with one attached hydrogen (secondary N) is 3. The fourth-order valence-corrected chi connectivity index (χ4v) is 9.79. The number of sulfone groups is 3. The lowest BCUT2D eigenvalue weighted by atomic mass is 10.2. The van der Waals surface area contributed by atoms with Crippen molar-refractivity contribution in [3.63, 3.8) is 0 Å². The van der Waals surface area contributed by atoms with Gasteiger partial charge in [-0.25, -0.2) is 25.3 Å². The minimum absolute atomic E-state index is 0.0106. The molecule has 0 amide bonds. The predicted molar refractivity (Wildman–Crippen MR) is 308 cm³/mol. The molecule has 0 saturated carbocycles. The maximum atomic E-state index is 11.8. The van der Waals surface area contributed by atoms with Crippen LogP contribution in [-0.2, 0) is 48.5 Å². The van der Waals surface area contributed by atoms with Crippen LogP contribution in [0, 0.1) is 13.8 Å². The first-order valence-corrected chi connectivity index (χ1v) is 29.4. The van der Waals surface area contributed by atoms with E-state index < -0.39 is 29.5 Å². The molecule has 0 aliphatic carbocycles. The molecule has 5 aromatic rings. The summed E-state index contributed by atoms with van der Waals surface area (Å²) in [6, 6.07) is 37.1. The van der Waals surface area contributed by atoms with Crippen LogP contribution in [-0.4, -0.2) is 170 Å². The van der Waals surface area contributed by atoms with Crippen molar-refractivity contribution in [1.82, 2.24) is 4.90 Å². The molecule has 6 rings (SSSR count). The van der Waals surface area contributed by atoms with Gasteiger partial charge in [-0.05, 0) is 125 Å². The Kier molecular flexibility index (Phi) is 33.1. The van der Waals surface area contributed by atoms with Crippen LogP contribution in [0.5, 0.6) is 0 Å². The van der Waals surface area contributed by atoms with E-state index in [4.69, 9.17) is 18.9 Å². The van der Waals surface area contributed by atoms with Crippen molar-refractivity contribution >= 4 is 57.9 Å². The van der Waals surface area contributed by atoms with E-state index >= 15 is 0 Å². The second kappa shape index (κ2) is 36.7. The summed E-state index contributed by atoms with van der Waals surface area (Å²) in [5.74, 6) is 0.0472. The number of hydrogen-bond acceptors (Lipinski definition) is 16. The number of aryl methyl sites for hydroxylation is 2. The minimum atomic E-state index is -3.22. The molecule has 74 heavy (non-hydrogen) atoms. The molecule has 414 valence electrons. The average Bonchev–Trinajstić information content (AvgIpc) is 3.42. The van der Waals surface area contributed by atoms with E-state index in [2.05, 4.69) is 109 Å². The van der Waals surface area contributed by atoms with Gasteiger partial charge in [-0.15, -0.1) is 0 Å². The van der Waals surface area contributed by atoms with Crippen LogP contribution in [0.3, 0.4) is 0 Å². The number of para-hydroxylation sites is 1. The number of hydrogen-bond donors (Lipinski definition) is 3. The summed E-state index contributed by atoms with van der Waals surface area (Å²) in [5, 5.41) is 8.88. The van der Waals surface area contributed by atoms with Crippen molar-refractivity contribution in [1.29, 1.82) is 0 Å². The van der Waals surface area contributed by atoms with Crippen LogP contribution < -0.4 is 25.8 Å². The van der Waals surface area contributed by atoms with Gasteiger partial charge >= 0.3 is 0 Å². The standard InChI is InChI=1S/C12H19NO3S.2C10H15NO3S.C10H15N.C8H11N.C5H11NO/c1-4-13(2)11-5-7-12(8-6-11)17(14,15)10-9-16-3;1-11-9-3-5-10(6-4-9)15(12,13)8-7-14-2;1-11-9-4-3-5-10(8-9)15(12,13)7-6-14-2;1-4-11(3)10-8-6-5-7-9(10)2;1-7-3-5-8(9-2)6-4-7;1-6-2-4-7-5-3-6/h5-8H,4,9-10H2,1-3H3;3-6,11H,7-8H2,1-2H3;3-5,8,11H,6-7H2,1-2H3;5-8H,4H2,1-3H3;3-6,9H,1-2H3;2-5H2,1H3. The molecule has 1 heterocycles. The number of ether oxygens (including phenoxy) is 4. The summed E-state index contributed by atoms with van der Waals surface area (Å²) in [4.78, 5) is 7.57. The van der Waals surface area contributed by atoms with Gasteiger partial charge in [0.1, 0.15) is 0 Å². The number of benzene rings is 5. The fraction of sp³-hybridized carbons (Fsp3) is 0.455. The van der Waals surface area contributed by atoms with Gasteiger partial charge in [-0.1, -0.05) is 42.0 Å². The molecule has 5 aromatic carbocycles. The van der Waals surface area contributed by atoms with Crippen molar-refractivity contribution in [2.75, 3.05) is 166 Å². The normalized spacial score (nSPS) is 12.2. The van der Waals surface area contributed by atoms with Crippen LogP contribution in [0.1, 0.15) is 25.0 Å². The molecular formula is C55H86N6O10S3. The highest BCUT2D eigenvalue weighted by atomic mass is 32.2. The van der Waals surface area contributed by atoms with E-state index in [9.17, 15) is 25.3 Å². The Morgan fingerprint density at radius 2 is 0.946 bits per heavy atom. The summed E-state index contributed by atoms with van der Waals surface area (Å²) in [6.07, 6.45) is 0. The van der Waals surface area contributed by atoms with E-state index in [1.807, 2.05) is 44.1 Å². The van der Waals surface area contributed by atoms with E-state index in [-0.39, 0.29) is 37.1 Å². The zero-order chi connectivity index (χ0) is 55.6. The van der Waals surface area contributed by atoms with Crippen LogP contribution in [0.25, 0.3) is 0 Å². The van der Waals surface area contributed by atoms with Gasteiger partial charge in [0.05, 0.1) is 65.0 Å². The number of methoxy groups -OCH3 is 3. The third-order valence-corrected chi connectivity index (χ3v) is 16.4. The molecule has 1 saturated heterocycles. The Morgan fingerprint density at radius 3 is 1.34 bits per heavy atom. The second-order valence-corrected chi connectivity index (χ2v) is 23.2. The Bertz CT molecular complexity index is 2600. The largest absolute Gasteiger partial charge is 0.388 e. The quantitative estimate of drug-likeness (QED) is 0.0717. The van der Waals surface area contributed by atoms with Gasteiger partial charge in [-0.3, -0.25) is 0 Å². The molecular weight excluding hydrogens is 1000 g/mol. The van der Waals surface area contributed by atoms with E-state index in [0.29, 0.717) is 14.7 Å². The number of nitrogens with zero attached hydrogens (tertiary/aromatic N) is 3. The van der Waals surface area contributed by atoms with Crippen molar-refractivity contribution in [3.8, 4) is 0 Å². The summed E-state index contributed by atoms with van der Waals surface area (Å²) in [5.41, 5.74) is 7.83. The average molecular weight is 1090 g/mol. The van der Waals surface area contributed by atoms with Gasteiger partial charge in [0.25, 0.3) is 0 Å². The summed E-state index contributed by atoms with van der Waals surface area (Å²) >= 11 is 0. The second-order valence-electron chi connectivity index (χ2n) is 16.8. The molecule has 1 fully saturated rings. The minimum Gasteiger partial charge on any atom is -0.388 e. The van der Waals surface area contributed by atoms with E-state index in [0.717, 1.165) is 56.5 Å². The van der Waals surface area contributed by atoms with Crippen molar-refractivity contribution < 1.29 is 44.2 Å². The highest BCUT2D eigenvalue weighted by molar-refractivity contribution is 7.92. The van der Waals surface area contributed by atoms with Crippen molar-refractivity contribution in [2.24, 2.45) is 0 Å². The Morgan fingerprint density at radius 1 is 0.527 bits per heavy atom. The smallest absolute Gasteiger partial charge is 0.180 e. The first-order valence-electron chi connectivity index (χ1n) is 24.5. The molecule has 1 aliphatic rings.